The predicted molar refractivity (Wildman–Crippen MR) is 95.3 cm³/mol. The molecule has 3 amide bonds. The number of hydroxylamine groups is 1. The highest BCUT2D eigenvalue weighted by Crippen LogP contribution is 2.31. The normalized spacial score (nSPS) is 16.2. The summed E-state index contributed by atoms with van der Waals surface area (Å²) >= 11 is 1.07. The Morgan fingerprint density at radius 1 is 1.41 bits per heavy atom. The van der Waals surface area contributed by atoms with E-state index in [2.05, 4.69) is 5.32 Å². The number of carbonyl (C=O) groups is 3. The smallest absolute Gasteiger partial charge is 0.414 e. The first-order chi connectivity index (χ1) is 12.9. The molecule has 1 aromatic carbocycles. The average molecular weight is 393 g/mol. The second-order valence-corrected chi connectivity index (χ2v) is 6.77. The van der Waals surface area contributed by atoms with Crippen LogP contribution in [0.2, 0.25) is 0 Å². The van der Waals surface area contributed by atoms with Crippen LogP contribution < -0.4 is 15.7 Å². The molecule has 2 aromatic rings. The number of anilines is 1. The van der Waals surface area contributed by atoms with E-state index >= 15 is 0 Å². The minimum absolute atomic E-state index is 0.183. The van der Waals surface area contributed by atoms with E-state index in [-0.39, 0.29) is 29.4 Å². The number of benzene rings is 1. The van der Waals surface area contributed by atoms with Crippen LogP contribution in [-0.4, -0.2) is 42.3 Å². The lowest BCUT2D eigenvalue weighted by molar-refractivity contribution is -0.119. The maximum atomic E-state index is 14.6. The number of amides is 3. The molecule has 1 aliphatic rings. The molecule has 1 fully saturated rings. The number of nitrogens with zero attached hydrogens (tertiary/aromatic N) is 1. The van der Waals surface area contributed by atoms with E-state index < -0.39 is 23.9 Å². The van der Waals surface area contributed by atoms with Crippen molar-refractivity contribution in [1.82, 2.24) is 10.8 Å². The van der Waals surface area contributed by atoms with Crippen LogP contribution in [0.15, 0.2) is 29.6 Å². The largest absolute Gasteiger partial charge is 0.442 e. The molecule has 10 heteroatoms. The van der Waals surface area contributed by atoms with Gasteiger partial charge in [0.1, 0.15) is 11.9 Å². The zero-order chi connectivity index (χ0) is 19.6. The third-order valence-electron chi connectivity index (χ3n) is 3.95. The molecule has 0 radical (unpaired) electrons. The third-order valence-corrected chi connectivity index (χ3v) is 4.88. The number of carbonyl (C=O) groups excluding carboxylic acids is 3. The zero-order valence-electron chi connectivity index (χ0n) is 14.2. The number of nitrogens with one attached hydrogen (secondary N) is 2. The summed E-state index contributed by atoms with van der Waals surface area (Å²) in [6.07, 6.45) is -1.13. The van der Waals surface area contributed by atoms with Crippen molar-refractivity contribution in [1.29, 1.82) is 0 Å². The molecule has 8 nitrogen and oxygen atoms in total. The predicted octanol–water partition coefficient (Wildman–Crippen LogP) is 2.13. The van der Waals surface area contributed by atoms with E-state index in [0.717, 1.165) is 11.3 Å². The molecule has 1 atom stereocenters. The van der Waals surface area contributed by atoms with Gasteiger partial charge in [-0.05, 0) is 35.2 Å². The average Bonchev–Trinajstić information content (AvgIpc) is 3.26. The number of hydrogen-bond acceptors (Lipinski definition) is 6. The Labute approximate surface area is 157 Å². The van der Waals surface area contributed by atoms with Crippen LogP contribution in [0.1, 0.15) is 16.6 Å². The summed E-state index contributed by atoms with van der Waals surface area (Å²) in [5.41, 5.74) is 2.60. The number of hydrogen-bond donors (Lipinski definition) is 3. The second kappa shape index (κ2) is 7.72. The van der Waals surface area contributed by atoms with Crippen LogP contribution in [0, 0.1) is 5.82 Å². The van der Waals surface area contributed by atoms with Gasteiger partial charge < -0.3 is 10.1 Å². The van der Waals surface area contributed by atoms with Crippen LogP contribution in [0.25, 0.3) is 11.1 Å². The van der Waals surface area contributed by atoms with Crippen molar-refractivity contribution in [3.63, 3.8) is 0 Å². The molecular formula is C17H16FN3O5S. The Kier molecular flexibility index (Phi) is 5.38. The molecule has 2 heterocycles. The van der Waals surface area contributed by atoms with Gasteiger partial charge in [0.25, 0.3) is 5.91 Å². The van der Waals surface area contributed by atoms with Gasteiger partial charge in [0.2, 0.25) is 5.91 Å². The van der Waals surface area contributed by atoms with Gasteiger partial charge in [-0.25, -0.2) is 14.7 Å². The van der Waals surface area contributed by atoms with Crippen molar-refractivity contribution < 1.29 is 28.7 Å². The van der Waals surface area contributed by atoms with Gasteiger partial charge in [0, 0.05) is 12.5 Å². The summed E-state index contributed by atoms with van der Waals surface area (Å²) in [7, 11) is 0. The molecule has 1 aromatic heterocycles. The highest BCUT2D eigenvalue weighted by molar-refractivity contribution is 7.12. The summed E-state index contributed by atoms with van der Waals surface area (Å²) in [5.74, 6) is -1.47. The molecule has 0 bridgehead atoms. The molecule has 1 saturated heterocycles. The first kappa shape index (κ1) is 18.8. The monoisotopic (exact) mass is 393 g/mol. The Morgan fingerprint density at radius 2 is 2.19 bits per heavy atom. The number of cyclic esters (lactones) is 1. The summed E-state index contributed by atoms with van der Waals surface area (Å²) in [6, 6.07) is 5.74. The lowest BCUT2D eigenvalue weighted by Crippen LogP contribution is -2.33. The minimum atomic E-state index is -0.673. The highest BCUT2D eigenvalue weighted by atomic mass is 32.1. The SMILES string of the molecule is CC(=O)NC[C@H]1CN(c2ccc(-c3csc(C(=O)NO)c3)c(F)c2)C(=O)O1. The second-order valence-electron chi connectivity index (χ2n) is 5.86. The van der Waals surface area contributed by atoms with Crippen LogP contribution in [0.4, 0.5) is 14.9 Å². The summed E-state index contributed by atoms with van der Waals surface area (Å²) in [4.78, 5) is 35.9. The first-order valence-corrected chi connectivity index (χ1v) is 8.82. The molecule has 142 valence electrons. The highest BCUT2D eigenvalue weighted by Gasteiger charge is 2.32. The molecule has 1 aliphatic heterocycles. The zero-order valence-corrected chi connectivity index (χ0v) is 15.0. The molecule has 27 heavy (non-hydrogen) atoms. The van der Waals surface area contributed by atoms with Gasteiger partial charge in [0.05, 0.1) is 23.7 Å². The van der Waals surface area contributed by atoms with E-state index in [0.29, 0.717) is 11.3 Å². The Bertz CT molecular complexity index is 900. The van der Waals surface area contributed by atoms with Gasteiger partial charge in [-0.15, -0.1) is 11.3 Å². The molecule has 0 aliphatic carbocycles. The minimum Gasteiger partial charge on any atom is -0.442 e. The van der Waals surface area contributed by atoms with E-state index in [4.69, 9.17) is 9.94 Å². The number of ether oxygens (including phenoxy) is 1. The number of halogens is 1. The van der Waals surface area contributed by atoms with Crippen molar-refractivity contribution in [2.24, 2.45) is 0 Å². The fraction of sp³-hybridized carbons (Fsp3) is 0.235. The molecule has 3 rings (SSSR count). The quantitative estimate of drug-likeness (QED) is 0.533. The Balaban J connectivity index is 1.77. The van der Waals surface area contributed by atoms with Crippen LogP contribution in [0.5, 0.6) is 0 Å². The topological polar surface area (TPSA) is 108 Å². The number of thiophene rings is 1. The lowest BCUT2D eigenvalue weighted by Gasteiger charge is -2.14. The molecule has 0 unspecified atom stereocenters. The molecule has 0 spiro atoms. The van der Waals surface area contributed by atoms with Gasteiger partial charge in [-0.1, -0.05) is 0 Å². The number of rotatable bonds is 5. The van der Waals surface area contributed by atoms with Gasteiger partial charge >= 0.3 is 6.09 Å². The Morgan fingerprint density at radius 3 is 2.85 bits per heavy atom. The van der Waals surface area contributed by atoms with E-state index in [1.54, 1.807) is 11.4 Å². The van der Waals surface area contributed by atoms with Crippen molar-refractivity contribution in [3.8, 4) is 11.1 Å². The lowest BCUT2D eigenvalue weighted by atomic mass is 10.1. The molecule has 0 saturated carbocycles. The van der Waals surface area contributed by atoms with Gasteiger partial charge in [-0.2, -0.15) is 0 Å². The fourth-order valence-corrected chi connectivity index (χ4v) is 3.45. The molecule has 3 N–H and O–H groups in total. The summed E-state index contributed by atoms with van der Waals surface area (Å²) in [6.45, 7) is 1.74. The fourth-order valence-electron chi connectivity index (χ4n) is 2.65. The third kappa shape index (κ3) is 4.07. The maximum Gasteiger partial charge on any atom is 0.414 e. The van der Waals surface area contributed by atoms with Crippen LogP contribution >= 0.6 is 11.3 Å². The summed E-state index contributed by atoms with van der Waals surface area (Å²) < 4.78 is 19.7. The van der Waals surface area contributed by atoms with Gasteiger partial charge in [0.15, 0.2) is 0 Å². The van der Waals surface area contributed by atoms with Crippen molar-refractivity contribution in [3.05, 3.63) is 40.3 Å². The van der Waals surface area contributed by atoms with Crippen molar-refractivity contribution in [2.75, 3.05) is 18.0 Å². The molecular weight excluding hydrogens is 377 g/mol. The standard InChI is InChI=1S/C17H16FN3O5S/c1-9(22)19-6-12-7-21(17(24)26-12)11-2-3-13(14(18)5-11)10-4-15(27-8-10)16(23)20-25/h2-5,8,12,25H,6-7H2,1H3,(H,19,22)(H,20,23)/t12-/m0/s1. The van der Waals surface area contributed by atoms with Gasteiger partial charge in [-0.3, -0.25) is 19.7 Å². The van der Waals surface area contributed by atoms with E-state index in [1.165, 1.54) is 35.5 Å². The van der Waals surface area contributed by atoms with Crippen LogP contribution in [0.3, 0.4) is 0 Å². The van der Waals surface area contributed by atoms with Crippen molar-refractivity contribution in [2.45, 2.75) is 13.0 Å². The van der Waals surface area contributed by atoms with Crippen LogP contribution in [-0.2, 0) is 9.53 Å². The summed E-state index contributed by atoms with van der Waals surface area (Å²) in [5, 5.41) is 12.8. The first-order valence-electron chi connectivity index (χ1n) is 7.94. The Hall–Kier alpha value is -2.98. The maximum absolute atomic E-state index is 14.6. The van der Waals surface area contributed by atoms with E-state index in [9.17, 15) is 18.8 Å². The van der Waals surface area contributed by atoms with Crippen molar-refractivity contribution >= 4 is 34.9 Å². The van der Waals surface area contributed by atoms with E-state index in [1.807, 2.05) is 0 Å².